The molecule has 110 valence electrons. The average molecular weight is 294 g/mol. The Balaban J connectivity index is 2.58. The van der Waals surface area contributed by atoms with Gasteiger partial charge in [-0.25, -0.2) is 0 Å². The van der Waals surface area contributed by atoms with Gasteiger partial charge in [0.1, 0.15) is 0 Å². The van der Waals surface area contributed by atoms with Crippen LogP contribution in [0.15, 0.2) is 24.3 Å². The van der Waals surface area contributed by atoms with Crippen LogP contribution in [-0.4, -0.2) is 29.3 Å². The summed E-state index contributed by atoms with van der Waals surface area (Å²) in [6, 6.07) is 7.51. The van der Waals surface area contributed by atoms with E-state index < -0.39 is 0 Å². The van der Waals surface area contributed by atoms with E-state index in [1.54, 1.807) is 12.1 Å². The number of benzene rings is 1. The second-order valence-electron chi connectivity index (χ2n) is 5.61. The minimum absolute atomic E-state index is 0.0656. The molecule has 0 aliphatic carbocycles. The highest BCUT2D eigenvalue weighted by Crippen LogP contribution is 2.22. The topological polar surface area (TPSA) is 61.4 Å². The fourth-order valence-corrected chi connectivity index (χ4v) is 1.82. The molecule has 0 aromatic heterocycles. The highest BCUT2D eigenvalue weighted by molar-refractivity contribution is 7.80. The van der Waals surface area contributed by atoms with Gasteiger partial charge in [0.25, 0.3) is 5.91 Å². The minimum atomic E-state index is -0.230. The van der Waals surface area contributed by atoms with Crippen LogP contribution in [0.1, 0.15) is 43.1 Å². The number of amides is 1. The normalized spacial score (nSPS) is 11.0. The Morgan fingerprint density at radius 1 is 1.25 bits per heavy atom. The number of thiocarbonyl (C=S) groups is 1. The fourth-order valence-electron chi connectivity index (χ4n) is 1.62. The second kappa shape index (κ2) is 7.36. The molecule has 1 rings (SSSR count). The molecule has 20 heavy (non-hydrogen) atoms. The molecule has 5 heteroatoms. The van der Waals surface area contributed by atoms with Gasteiger partial charge >= 0.3 is 0 Å². The van der Waals surface area contributed by atoms with Crippen LogP contribution in [0, 0.1) is 0 Å². The van der Waals surface area contributed by atoms with Gasteiger partial charge in [-0.2, -0.15) is 0 Å². The van der Waals surface area contributed by atoms with Gasteiger partial charge in [0, 0.05) is 18.7 Å². The van der Waals surface area contributed by atoms with Crippen LogP contribution in [0.3, 0.4) is 0 Å². The Hall–Kier alpha value is -1.46. The lowest BCUT2D eigenvalue weighted by Gasteiger charge is -2.19. The number of rotatable bonds is 4. The summed E-state index contributed by atoms with van der Waals surface area (Å²) in [5.41, 5.74) is 1.82. The van der Waals surface area contributed by atoms with Gasteiger partial charge in [-0.1, -0.05) is 32.9 Å². The summed E-state index contributed by atoms with van der Waals surface area (Å²) in [4.78, 5) is 12.0. The van der Waals surface area contributed by atoms with Crippen molar-refractivity contribution in [2.45, 2.75) is 32.6 Å². The van der Waals surface area contributed by atoms with Crippen molar-refractivity contribution in [3.8, 4) is 0 Å². The van der Waals surface area contributed by atoms with Crippen LogP contribution >= 0.6 is 12.2 Å². The summed E-state index contributed by atoms with van der Waals surface area (Å²) in [6.45, 7) is 7.02. The van der Waals surface area contributed by atoms with E-state index in [2.05, 4.69) is 31.4 Å². The minimum Gasteiger partial charge on any atom is -0.396 e. The van der Waals surface area contributed by atoms with Crippen LogP contribution in [0.4, 0.5) is 0 Å². The van der Waals surface area contributed by atoms with Crippen molar-refractivity contribution in [2.24, 2.45) is 0 Å². The lowest BCUT2D eigenvalue weighted by atomic mass is 9.87. The quantitative estimate of drug-likeness (QED) is 0.587. The maximum Gasteiger partial charge on any atom is 0.257 e. The molecule has 1 aromatic rings. The monoisotopic (exact) mass is 294 g/mol. The van der Waals surface area contributed by atoms with Crippen molar-refractivity contribution in [1.29, 1.82) is 0 Å². The summed E-state index contributed by atoms with van der Waals surface area (Å²) >= 11 is 5.00. The van der Waals surface area contributed by atoms with E-state index in [0.717, 1.165) is 0 Å². The molecule has 1 aromatic carbocycles. The van der Waals surface area contributed by atoms with Gasteiger partial charge in [-0.15, -0.1) is 0 Å². The van der Waals surface area contributed by atoms with Crippen molar-refractivity contribution < 1.29 is 9.90 Å². The highest BCUT2D eigenvalue weighted by atomic mass is 32.1. The molecular weight excluding hydrogens is 272 g/mol. The van der Waals surface area contributed by atoms with Crippen molar-refractivity contribution >= 4 is 23.2 Å². The summed E-state index contributed by atoms with van der Waals surface area (Å²) in [6.07, 6.45) is 0.594. The molecule has 0 saturated carbocycles. The number of aliphatic hydroxyl groups is 1. The molecule has 1 amide bonds. The van der Waals surface area contributed by atoms with Gasteiger partial charge in [0.05, 0.1) is 0 Å². The Kier molecular flexibility index (Phi) is 6.10. The number of hydrogen-bond acceptors (Lipinski definition) is 3. The lowest BCUT2D eigenvalue weighted by molar-refractivity contribution is 0.0976. The van der Waals surface area contributed by atoms with E-state index in [-0.39, 0.29) is 23.0 Å². The molecule has 0 saturated heterocycles. The predicted octanol–water partition coefficient (Wildman–Crippen LogP) is 1.97. The van der Waals surface area contributed by atoms with Crippen LogP contribution < -0.4 is 10.6 Å². The zero-order valence-electron chi connectivity index (χ0n) is 12.2. The number of carbonyl (C=O) groups is 1. The van der Waals surface area contributed by atoms with Crippen LogP contribution in [-0.2, 0) is 5.41 Å². The third-order valence-electron chi connectivity index (χ3n) is 2.86. The summed E-state index contributed by atoms with van der Waals surface area (Å²) < 4.78 is 0. The second-order valence-corrected chi connectivity index (χ2v) is 6.02. The molecule has 0 aliphatic rings. The molecule has 4 nitrogen and oxygen atoms in total. The van der Waals surface area contributed by atoms with Gasteiger partial charge < -0.3 is 10.4 Å². The van der Waals surface area contributed by atoms with Crippen LogP contribution in [0.2, 0.25) is 0 Å². The smallest absolute Gasteiger partial charge is 0.257 e. The van der Waals surface area contributed by atoms with Crippen molar-refractivity contribution in [3.63, 3.8) is 0 Å². The number of aliphatic hydroxyl groups excluding tert-OH is 1. The molecule has 0 atom stereocenters. The highest BCUT2D eigenvalue weighted by Gasteiger charge is 2.14. The molecule has 0 unspecified atom stereocenters. The van der Waals surface area contributed by atoms with E-state index in [1.807, 2.05) is 12.1 Å². The standard InChI is InChI=1S/C15H22N2O2S/c1-15(2,3)12-7-5-11(6-8-12)13(19)17-14(20)16-9-4-10-18/h5-8,18H,4,9-10H2,1-3H3,(H2,16,17,19,20). The fraction of sp³-hybridized carbons (Fsp3) is 0.467. The molecule has 0 fully saturated rings. The van der Waals surface area contributed by atoms with E-state index in [9.17, 15) is 4.79 Å². The summed E-state index contributed by atoms with van der Waals surface area (Å²) in [7, 11) is 0. The first kappa shape index (κ1) is 16.6. The van der Waals surface area contributed by atoms with Crippen molar-refractivity contribution in [1.82, 2.24) is 10.6 Å². The lowest BCUT2D eigenvalue weighted by Crippen LogP contribution is -2.39. The maximum absolute atomic E-state index is 12.0. The van der Waals surface area contributed by atoms with E-state index in [1.165, 1.54) is 5.56 Å². The largest absolute Gasteiger partial charge is 0.396 e. The third kappa shape index (κ3) is 5.27. The number of carbonyl (C=O) groups excluding carboxylic acids is 1. The van der Waals surface area contributed by atoms with Crippen molar-refractivity contribution in [3.05, 3.63) is 35.4 Å². The Labute approximate surface area is 125 Å². The Morgan fingerprint density at radius 3 is 2.35 bits per heavy atom. The summed E-state index contributed by atoms with van der Waals surface area (Å²) in [5, 5.41) is 14.4. The zero-order chi connectivity index (χ0) is 15.2. The van der Waals surface area contributed by atoms with Gasteiger partial charge in [-0.05, 0) is 41.7 Å². The Morgan fingerprint density at radius 2 is 1.85 bits per heavy atom. The van der Waals surface area contributed by atoms with Crippen LogP contribution in [0.25, 0.3) is 0 Å². The van der Waals surface area contributed by atoms with Gasteiger partial charge in [0.2, 0.25) is 0 Å². The SMILES string of the molecule is CC(C)(C)c1ccc(C(=O)NC(=S)NCCCO)cc1. The average Bonchev–Trinajstić information content (AvgIpc) is 2.38. The van der Waals surface area contributed by atoms with E-state index in [0.29, 0.717) is 18.5 Å². The van der Waals surface area contributed by atoms with Gasteiger partial charge in [-0.3, -0.25) is 10.1 Å². The van der Waals surface area contributed by atoms with Crippen LogP contribution in [0.5, 0.6) is 0 Å². The third-order valence-corrected chi connectivity index (χ3v) is 3.11. The molecule has 0 spiro atoms. The zero-order valence-corrected chi connectivity index (χ0v) is 13.0. The molecule has 3 N–H and O–H groups in total. The molecule has 0 bridgehead atoms. The first-order valence-electron chi connectivity index (χ1n) is 6.65. The van der Waals surface area contributed by atoms with E-state index >= 15 is 0 Å². The van der Waals surface area contributed by atoms with E-state index in [4.69, 9.17) is 17.3 Å². The summed E-state index contributed by atoms with van der Waals surface area (Å²) in [5.74, 6) is -0.230. The molecule has 0 aliphatic heterocycles. The molecule has 0 heterocycles. The first-order chi connectivity index (χ1) is 9.34. The molecular formula is C15H22N2O2S. The number of hydrogen-bond donors (Lipinski definition) is 3. The maximum atomic E-state index is 12.0. The predicted molar refractivity (Wildman–Crippen MR) is 84.9 cm³/mol. The molecule has 0 radical (unpaired) electrons. The van der Waals surface area contributed by atoms with Crippen molar-refractivity contribution in [2.75, 3.05) is 13.2 Å². The van der Waals surface area contributed by atoms with Gasteiger partial charge in [0.15, 0.2) is 5.11 Å². The Bertz CT molecular complexity index is 464. The number of nitrogens with one attached hydrogen (secondary N) is 2. The first-order valence-corrected chi connectivity index (χ1v) is 7.06.